The first-order chi connectivity index (χ1) is 6.29. The first-order valence-electron chi connectivity index (χ1n) is 4.49. The van der Waals surface area contributed by atoms with E-state index in [0.29, 0.717) is 6.04 Å². The average Bonchev–Trinajstić information content (AvgIpc) is 2.46. The Morgan fingerprint density at radius 1 is 1.62 bits per heavy atom. The van der Waals surface area contributed by atoms with Gasteiger partial charge >= 0.3 is 0 Å². The van der Waals surface area contributed by atoms with E-state index in [2.05, 4.69) is 44.8 Å². The number of benzene rings is 1. The zero-order valence-electron chi connectivity index (χ0n) is 7.60. The maximum absolute atomic E-state index is 3.48. The number of hydrogen-bond acceptors (Lipinski definition) is 2. The van der Waals surface area contributed by atoms with Crippen LogP contribution in [0.5, 0.6) is 0 Å². The number of hydrogen-bond donors (Lipinski definition) is 2. The molecule has 13 heavy (non-hydrogen) atoms. The Morgan fingerprint density at radius 2 is 2.46 bits per heavy atom. The number of fused-ring (bicyclic) bond motifs is 1. The first kappa shape index (κ1) is 9.03. The van der Waals surface area contributed by atoms with Gasteiger partial charge in [-0.25, -0.2) is 0 Å². The molecular weight excluding hydrogens is 228 g/mol. The highest BCUT2D eigenvalue weighted by atomic mass is 79.9. The fourth-order valence-corrected chi connectivity index (χ4v) is 2.13. The molecule has 70 valence electrons. The Hall–Kier alpha value is -0.540. The number of rotatable bonds is 2. The van der Waals surface area contributed by atoms with E-state index in [1.807, 2.05) is 7.05 Å². The molecule has 1 aromatic carbocycles. The predicted molar refractivity (Wildman–Crippen MR) is 59.2 cm³/mol. The molecule has 1 unspecified atom stereocenters. The highest BCUT2D eigenvalue weighted by Crippen LogP contribution is 2.28. The molecule has 1 aliphatic heterocycles. The van der Waals surface area contributed by atoms with Crippen molar-refractivity contribution >= 4 is 21.6 Å². The van der Waals surface area contributed by atoms with Crippen molar-refractivity contribution < 1.29 is 0 Å². The van der Waals surface area contributed by atoms with E-state index in [-0.39, 0.29) is 0 Å². The molecule has 2 N–H and O–H groups in total. The predicted octanol–water partition coefficient (Wildman–Crippen LogP) is 2.01. The van der Waals surface area contributed by atoms with Crippen LogP contribution in [0.1, 0.15) is 5.56 Å². The molecule has 0 amide bonds. The molecule has 0 radical (unpaired) electrons. The zero-order valence-corrected chi connectivity index (χ0v) is 9.19. The van der Waals surface area contributed by atoms with Crippen LogP contribution in [0.2, 0.25) is 0 Å². The number of likely N-dealkylation sites (N-methyl/N-ethyl adjacent to an activating group) is 1. The molecule has 0 saturated heterocycles. The Morgan fingerprint density at radius 3 is 3.23 bits per heavy atom. The lowest BCUT2D eigenvalue weighted by Gasteiger charge is -2.09. The Labute approximate surface area is 86.9 Å². The monoisotopic (exact) mass is 240 g/mol. The minimum Gasteiger partial charge on any atom is -0.380 e. The third-order valence-electron chi connectivity index (χ3n) is 2.35. The summed E-state index contributed by atoms with van der Waals surface area (Å²) in [5, 5.41) is 6.67. The van der Waals surface area contributed by atoms with Gasteiger partial charge < -0.3 is 10.6 Å². The summed E-state index contributed by atoms with van der Waals surface area (Å²) in [6.45, 7) is 1.02. The Kier molecular flexibility index (Phi) is 2.56. The molecule has 1 aliphatic rings. The maximum Gasteiger partial charge on any atom is 0.0427 e. The molecule has 1 heterocycles. The van der Waals surface area contributed by atoms with Crippen LogP contribution in [-0.2, 0) is 6.42 Å². The number of halogens is 1. The summed E-state index contributed by atoms with van der Waals surface area (Å²) in [4.78, 5) is 0. The summed E-state index contributed by atoms with van der Waals surface area (Å²) in [6.07, 6.45) is 1.13. The van der Waals surface area contributed by atoms with E-state index in [1.165, 1.54) is 11.3 Å². The van der Waals surface area contributed by atoms with Gasteiger partial charge in [-0.05, 0) is 31.2 Å². The SMILES string of the molecule is CNCC1Cc2ccc(Br)cc2N1. The first-order valence-corrected chi connectivity index (χ1v) is 5.28. The van der Waals surface area contributed by atoms with Crippen molar-refractivity contribution in [3.05, 3.63) is 28.2 Å². The summed E-state index contributed by atoms with van der Waals surface area (Å²) in [5.41, 5.74) is 2.69. The van der Waals surface area contributed by atoms with Crippen LogP contribution >= 0.6 is 15.9 Å². The van der Waals surface area contributed by atoms with Gasteiger partial charge in [0.15, 0.2) is 0 Å². The van der Waals surface area contributed by atoms with Gasteiger partial charge in [0.05, 0.1) is 0 Å². The van der Waals surface area contributed by atoms with E-state index in [4.69, 9.17) is 0 Å². The lowest BCUT2D eigenvalue weighted by atomic mass is 10.1. The molecule has 1 atom stereocenters. The fourth-order valence-electron chi connectivity index (χ4n) is 1.77. The second kappa shape index (κ2) is 3.68. The second-order valence-electron chi connectivity index (χ2n) is 3.40. The van der Waals surface area contributed by atoms with Crippen molar-refractivity contribution in [2.24, 2.45) is 0 Å². The van der Waals surface area contributed by atoms with Crippen molar-refractivity contribution in [1.29, 1.82) is 0 Å². The average molecular weight is 241 g/mol. The summed E-state index contributed by atoms with van der Waals surface area (Å²) >= 11 is 3.47. The lowest BCUT2D eigenvalue weighted by molar-refractivity contribution is 0.674. The van der Waals surface area contributed by atoms with Crippen LogP contribution in [0.4, 0.5) is 5.69 Å². The van der Waals surface area contributed by atoms with Crippen LogP contribution in [0.25, 0.3) is 0 Å². The number of nitrogens with one attached hydrogen (secondary N) is 2. The highest BCUT2D eigenvalue weighted by Gasteiger charge is 2.19. The van der Waals surface area contributed by atoms with Gasteiger partial charge in [0.2, 0.25) is 0 Å². The normalized spacial score (nSPS) is 19.7. The van der Waals surface area contributed by atoms with Gasteiger partial charge in [-0.15, -0.1) is 0 Å². The molecule has 1 aromatic rings. The van der Waals surface area contributed by atoms with Crippen LogP contribution < -0.4 is 10.6 Å². The van der Waals surface area contributed by atoms with Crippen molar-refractivity contribution in [2.45, 2.75) is 12.5 Å². The summed E-state index contributed by atoms with van der Waals surface area (Å²) < 4.78 is 1.14. The van der Waals surface area contributed by atoms with E-state index in [1.54, 1.807) is 0 Å². The molecule has 3 heteroatoms. The van der Waals surface area contributed by atoms with Gasteiger partial charge in [0.1, 0.15) is 0 Å². The summed E-state index contributed by atoms with van der Waals surface area (Å²) in [5.74, 6) is 0. The van der Waals surface area contributed by atoms with Crippen molar-refractivity contribution in [3.8, 4) is 0 Å². The molecule has 0 fully saturated rings. The fraction of sp³-hybridized carbons (Fsp3) is 0.400. The molecular formula is C10H13BrN2. The molecule has 0 saturated carbocycles. The van der Waals surface area contributed by atoms with E-state index in [0.717, 1.165) is 17.4 Å². The van der Waals surface area contributed by atoms with Gasteiger partial charge in [-0.1, -0.05) is 22.0 Å². The van der Waals surface area contributed by atoms with Crippen molar-refractivity contribution in [1.82, 2.24) is 5.32 Å². The molecule has 0 spiro atoms. The van der Waals surface area contributed by atoms with E-state index < -0.39 is 0 Å². The maximum atomic E-state index is 3.48. The molecule has 0 bridgehead atoms. The Balaban J connectivity index is 2.16. The van der Waals surface area contributed by atoms with E-state index in [9.17, 15) is 0 Å². The van der Waals surface area contributed by atoms with Gasteiger partial charge in [-0.3, -0.25) is 0 Å². The molecule has 2 rings (SSSR count). The molecule has 0 aliphatic carbocycles. The molecule has 0 aromatic heterocycles. The molecule has 2 nitrogen and oxygen atoms in total. The third-order valence-corrected chi connectivity index (χ3v) is 2.84. The van der Waals surface area contributed by atoms with E-state index >= 15 is 0 Å². The van der Waals surface area contributed by atoms with Gasteiger partial charge in [-0.2, -0.15) is 0 Å². The standard InChI is InChI=1S/C10H13BrN2/c1-12-6-9-4-7-2-3-8(11)5-10(7)13-9/h2-3,5,9,12-13H,4,6H2,1H3. The third kappa shape index (κ3) is 1.86. The summed E-state index contributed by atoms with van der Waals surface area (Å²) in [7, 11) is 1.99. The minimum atomic E-state index is 0.550. The smallest absolute Gasteiger partial charge is 0.0427 e. The highest BCUT2D eigenvalue weighted by molar-refractivity contribution is 9.10. The van der Waals surface area contributed by atoms with Crippen LogP contribution in [0.3, 0.4) is 0 Å². The van der Waals surface area contributed by atoms with Crippen molar-refractivity contribution in [2.75, 3.05) is 18.9 Å². The number of anilines is 1. The van der Waals surface area contributed by atoms with Gasteiger partial charge in [0.25, 0.3) is 0 Å². The van der Waals surface area contributed by atoms with Crippen LogP contribution in [0.15, 0.2) is 22.7 Å². The zero-order chi connectivity index (χ0) is 9.26. The van der Waals surface area contributed by atoms with Crippen molar-refractivity contribution in [3.63, 3.8) is 0 Å². The van der Waals surface area contributed by atoms with Gasteiger partial charge in [0, 0.05) is 22.7 Å². The second-order valence-corrected chi connectivity index (χ2v) is 4.32. The topological polar surface area (TPSA) is 24.1 Å². The largest absolute Gasteiger partial charge is 0.380 e. The lowest BCUT2D eigenvalue weighted by Crippen LogP contribution is -2.28. The van der Waals surface area contributed by atoms with Crippen LogP contribution in [-0.4, -0.2) is 19.6 Å². The Bertz CT molecular complexity index is 312. The minimum absolute atomic E-state index is 0.550. The quantitative estimate of drug-likeness (QED) is 0.827. The van der Waals surface area contributed by atoms with Crippen LogP contribution in [0, 0.1) is 0 Å². The summed E-state index contributed by atoms with van der Waals surface area (Å²) in [6, 6.07) is 6.98.